The van der Waals surface area contributed by atoms with Crippen LogP contribution in [-0.2, 0) is 20.7 Å². The van der Waals surface area contributed by atoms with E-state index in [-0.39, 0.29) is 23.4 Å². The molecule has 3 nitrogen and oxygen atoms in total. The molecule has 1 saturated heterocycles. The Labute approximate surface area is 131 Å². The Hall–Kier alpha value is -0.840. The van der Waals surface area contributed by atoms with Gasteiger partial charge in [0.25, 0.3) is 0 Å². The van der Waals surface area contributed by atoms with Crippen molar-refractivity contribution < 1.29 is 14.3 Å². The van der Waals surface area contributed by atoms with Crippen LogP contribution in [0.1, 0.15) is 31.7 Å². The van der Waals surface area contributed by atoms with Crippen LogP contribution in [-0.4, -0.2) is 30.4 Å². The topological polar surface area (TPSA) is 35.5 Å². The Kier molecular flexibility index (Phi) is 6.74. The third-order valence-electron chi connectivity index (χ3n) is 3.90. The van der Waals surface area contributed by atoms with E-state index in [2.05, 4.69) is 12.1 Å². The summed E-state index contributed by atoms with van der Waals surface area (Å²) < 4.78 is 11.3. The maximum absolute atomic E-state index is 12.3. The first-order chi connectivity index (χ1) is 10.2. The van der Waals surface area contributed by atoms with E-state index in [1.165, 1.54) is 17.3 Å². The van der Waals surface area contributed by atoms with E-state index in [0.29, 0.717) is 0 Å². The Morgan fingerprint density at radius 3 is 2.76 bits per heavy atom. The van der Waals surface area contributed by atoms with E-state index in [1.807, 2.05) is 25.1 Å². The van der Waals surface area contributed by atoms with Gasteiger partial charge in [0.05, 0.1) is 12.0 Å². The number of ether oxygens (including phenoxy) is 2. The van der Waals surface area contributed by atoms with Crippen LogP contribution in [0.25, 0.3) is 0 Å². The quantitative estimate of drug-likeness (QED) is 0.803. The average Bonchev–Trinajstić information content (AvgIpc) is 2.53. The van der Waals surface area contributed by atoms with Gasteiger partial charge in [-0.05, 0) is 37.0 Å². The highest BCUT2D eigenvalue weighted by molar-refractivity contribution is 8.13. The molecule has 0 amide bonds. The summed E-state index contributed by atoms with van der Waals surface area (Å²) in [6.45, 7) is 2.02. The molecule has 21 heavy (non-hydrogen) atoms. The highest BCUT2D eigenvalue weighted by Crippen LogP contribution is 2.32. The van der Waals surface area contributed by atoms with Gasteiger partial charge in [0, 0.05) is 7.11 Å². The molecule has 1 aromatic rings. The lowest BCUT2D eigenvalue weighted by Gasteiger charge is -2.35. The molecular weight excluding hydrogens is 284 g/mol. The van der Waals surface area contributed by atoms with E-state index < -0.39 is 0 Å². The maximum Gasteiger partial charge on any atom is 0.194 e. The predicted molar refractivity (Wildman–Crippen MR) is 86.3 cm³/mol. The number of rotatable bonds is 6. The first kappa shape index (κ1) is 16.5. The summed E-state index contributed by atoms with van der Waals surface area (Å²) in [4.78, 5) is 12.3. The van der Waals surface area contributed by atoms with Gasteiger partial charge in [-0.2, -0.15) is 0 Å². The van der Waals surface area contributed by atoms with Gasteiger partial charge in [0.2, 0.25) is 0 Å². The van der Waals surface area contributed by atoms with Gasteiger partial charge in [0.1, 0.15) is 0 Å². The second-order valence-electron chi connectivity index (χ2n) is 5.30. The molecule has 1 fully saturated rings. The van der Waals surface area contributed by atoms with E-state index in [1.54, 1.807) is 7.11 Å². The molecule has 0 aliphatic carbocycles. The normalized spacial score (nSPS) is 25.7. The number of methoxy groups -OCH3 is 1. The maximum atomic E-state index is 12.3. The third-order valence-corrected chi connectivity index (χ3v) is 4.78. The number of benzene rings is 1. The molecule has 116 valence electrons. The minimum absolute atomic E-state index is 0.00469. The number of hydrogen-bond donors (Lipinski definition) is 0. The predicted octanol–water partition coefficient (Wildman–Crippen LogP) is 3.67. The fraction of sp³-hybridized carbons (Fsp3) is 0.588. The summed E-state index contributed by atoms with van der Waals surface area (Å²) in [5.41, 5.74) is 1.29. The fourth-order valence-electron chi connectivity index (χ4n) is 2.77. The molecule has 0 unspecified atom stereocenters. The molecule has 0 bridgehead atoms. The van der Waals surface area contributed by atoms with Crippen LogP contribution in [0.5, 0.6) is 0 Å². The Balaban J connectivity index is 1.97. The van der Waals surface area contributed by atoms with Crippen LogP contribution in [0.15, 0.2) is 30.3 Å². The minimum Gasteiger partial charge on any atom is -0.356 e. The molecule has 0 radical (unpaired) electrons. The molecule has 1 heterocycles. The van der Waals surface area contributed by atoms with Gasteiger partial charge in [0.15, 0.2) is 11.4 Å². The number of hydrogen-bond acceptors (Lipinski definition) is 4. The van der Waals surface area contributed by atoms with Crippen LogP contribution < -0.4 is 0 Å². The van der Waals surface area contributed by atoms with Crippen molar-refractivity contribution >= 4 is 16.9 Å². The van der Waals surface area contributed by atoms with Crippen LogP contribution in [0.4, 0.5) is 0 Å². The van der Waals surface area contributed by atoms with Gasteiger partial charge in [-0.3, -0.25) is 4.79 Å². The third kappa shape index (κ3) is 4.83. The Bertz CT molecular complexity index is 435. The van der Waals surface area contributed by atoms with E-state index in [4.69, 9.17) is 9.47 Å². The van der Waals surface area contributed by atoms with Crippen molar-refractivity contribution in [1.29, 1.82) is 0 Å². The standard InChI is InChI=1S/C17H24O3S/c1-3-21-17(18)14-10-12-16(19-2)20-15(14)11-9-13-7-5-4-6-8-13/h4-8,14-16H,3,9-12H2,1-2H3/t14-,15+,16-/m0/s1. The summed E-state index contributed by atoms with van der Waals surface area (Å²) in [6, 6.07) is 10.4. The second-order valence-corrected chi connectivity index (χ2v) is 6.57. The zero-order valence-electron chi connectivity index (χ0n) is 12.8. The molecule has 0 aromatic heterocycles. The van der Waals surface area contributed by atoms with E-state index in [9.17, 15) is 4.79 Å². The van der Waals surface area contributed by atoms with Crippen molar-refractivity contribution in [2.24, 2.45) is 5.92 Å². The van der Waals surface area contributed by atoms with Gasteiger partial charge >= 0.3 is 0 Å². The van der Waals surface area contributed by atoms with E-state index in [0.717, 1.165) is 31.4 Å². The lowest BCUT2D eigenvalue weighted by atomic mass is 9.91. The molecule has 1 aliphatic heterocycles. The zero-order valence-corrected chi connectivity index (χ0v) is 13.6. The molecular formula is C17H24O3S. The molecule has 1 aromatic carbocycles. The lowest BCUT2D eigenvalue weighted by molar-refractivity contribution is -0.197. The fourth-order valence-corrected chi connectivity index (χ4v) is 3.54. The summed E-state index contributed by atoms with van der Waals surface area (Å²) in [7, 11) is 1.67. The van der Waals surface area contributed by atoms with Gasteiger partial charge in [-0.15, -0.1) is 0 Å². The number of carbonyl (C=O) groups excluding carboxylic acids is 1. The van der Waals surface area contributed by atoms with Crippen molar-refractivity contribution in [2.75, 3.05) is 12.9 Å². The van der Waals surface area contributed by atoms with Crippen LogP contribution in [0, 0.1) is 5.92 Å². The monoisotopic (exact) mass is 308 g/mol. The van der Waals surface area contributed by atoms with Gasteiger partial charge in [-0.25, -0.2) is 0 Å². The van der Waals surface area contributed by atoms with Crippen molar-refractivity contribution in [3.8, 4) is 0 Å². The van der Waals surface area contributed by atoms with Crippen LogP contribution in [0.3, 0.4) is 0 Å². The molecule has 1 aliphatic rings. The van der Waals surface area contributed by atoms with Crippen molar-refractivity contribution in [3.05, 3.63) is 35.9 Å². The number of aryl methyl sites for hydroxylation is 1. The highest BCUT2D eigenvalue weighted by atomic mass is 32.2. The van der Waals surface area contributed by atoms with Crippen molar-refractivity contribution in [2.45, 2.75) is 45.0 Å². The van der Waals surface area contributed by atoms with Crippen LogP contribution >= 0.6 is 11.8 Å². The van der Waals surface area contributed by atoms with Gasteiger partial charge in [-0.1, -0.05) is 49.0 Å². The highest BCUT2D eigenvalue weighted by Gasteiger charge is 2.35. The Morgan fingerprint density at radius 1 is 1.33 bits per heavy atom. The van der Waals surface area contributed by atoms with Crippen molar-refractivity contribution in [1.82, 2.24) is 0 Å². The Morgan fingerprint density at radius 2 is 2.10 bits per heavy atom. The summed E-state index contributed by atoms with van der Waals surface area (Å²) in [6.07, 6.45) is 3.27. The van der Waals surface area contributed by atoms with Gasteiger partial charge < -0.3 is 9.47 Å². The van der Waals surface area contributed by atoms with Crippen LogP contribution in [0.2, 0.25) is 0 Å². The zero-order chi connectivity index (χ0) is 15.1. The summed E-state index contributed by atoms with van der Waals surface area (Å²) in [5.74, 6) is 0.833. The molecule has 0 N–H and O–H groups in total. The molecule has 3 atom stereocenters. The van der Waals surface area contributed by atoms with E-state index >= 15 is 0 Å². The first-order valence-corrected chi connectivity index (χ1v) is 8.62. The smallest absolute Gasteiger partial charge is 0.194 e. The lowest BCUT2D eigenvalue weighted by Crippen LogP contribution is -2.39. The number of carbonyl (C=O) groups is 1. The molecule has 0 spiro atoms. The molecule has 0 saturated carbocycles. The van der Waals surface area contributed by atoms with Crippen molar-refractivity contribution in [3.63, 3.8) is 0 Å². The second kappa shape index (κ2) is 8.57. The SMILES string of the molecule is CCSC(=O)[C@H]1CC[C@@H](OC)O[C@@H]1CCc1ccccc1. The largest absolute Gasteiger partial charge is 0.356 e. The first-order valence-electron chi connectivity index (χ1n) is 7.63. The number of thioether (sulfide) groups is 1. The minimum atomic E-state index is -0.165. The molecule has 4 heteroatoms. The summed E-state index contributed by atoms with van der Waals surface area (Å²) >= 11 is 1.41. The summed E-state index contributed by atoms with van der Waals surface area (Å²) in [5, 5.41) is 0.269. The average molecular weight is 308 g/mol. The molecule has 2 rings (SSSR count).